The maximum atomic E-state index is 11.4. The minimum atomic E-state index is -0.457. The Balaban J connectivity index is 1.86. The molecule has 0 amide bonds. The lowest BCUT2D eigenvalue weighted by Gasteiger charge is -2.23. The third-order valence-corrected chi connectivity index (χ3v) is 4.30. The van der Waals surface area contributed by atoms with Gasteiger partial charge in [-0.05, 0) is 12.8 Å². The number of hydrogen-bond donors (Lipinski definition) is 2. The summed E-state index contributed by atoms with van der Waals surface area (Å²) in [6, 6.07) is 0.232. The van der Waals surface area contributed by atoms with Gasteiger partial charge < -0.3 is 10.6 Å². The molecule has 1 saturated carbocycles. The minimum Gasteiger partial charge on any atom is -0.361 e. The minimum absolute atomic E-state index is 0.136. The van der Waals surface area contributed by atoms with E-state index in [0.717, 1.165) is 25.7 Å². The monoisotopic (exact) mass is 320 g/mol. The predicted octanol–water partition coefficient (Wildman–Crippen LogP) is 3.33. The molecule has 0 spiro atoms. The molecule has 2 aromatic heterocycles. The molecule has 22 heavy (non-hydrogen) atoms. The second kappa shape index (κ2) is 6.65. The van der Waals surface area contributed by atoms with Crippen molar-refractivity contribution in [3.63, 3.8) is 0 Å². The fraction of sp³-hybridized carbons (Fsp3) is 0.462. The largest absolute Gasteiger partial charge is 0.361 e. The van der Waals surface area contributed by atoms with E-state index in [9.17, 15) is 10.1 Å². The Hall–Kier alpha value is -2.29. The summed E-state index contributed by atoms with van der Waals surface area (Å²) in [5.41, 5.74) is -0.136. The molecule has 0 saturated heterocycles. The van der Waals surface area contributed by atoms with Gasteiger partial charge in [-0.15, -0.1) is 11.3 Å². The van der Waals surface area contributed by atoms with Crippen LogP contribution in [0.4, 0.5) is 22.5 Å². The highest BCUT2D eigenvalue weighted by Gasteiger charge is 2.25. The molecule has 0 atom stereocenters. The lowest BCUT2D eigenvalue weighted by molar-refractivity contribution is -0.383. The zero-order chi connectivity index (χ0) is 15.4. The Morgan fingerprint density at radius 2 is 1.95 bits per heavy atom. The molecule has 0 aromatic carbocycles. The summed E-state index contributed by atoms with van der Waals surface area (Å²) in [6.45, 7) is 0. The number of nitrogens with one attached hydrogen (secondary N) is 2. The first-order chi connectivity index (χ1) is 10.7. The van der Waals surface area contributed by atoms with E-state index >= 15 is 0 Å². The van der Waals surface area contributed by atoms with E-state index in [-0.39, 0.29) is 23.4 Å². The molecule has 2 heterocycles. The van der Waals surface area contributed by atoms with Gasteiger partial charge in [0.25, 0.3) is 0 Å². The summed E-state index contributed by atoms with van der Waals surface area (Å²) in [6.07, 6.45) is 8.48. The number of nitro groups is 1. The third kappa shape index (κ3) is 3.30. The van der Waals surface area contributed by atoms with E-state index in [1.165, 1.54) is 24.1 Å². The molecule has 2 N–H and O–H groups in total. The Morgan fingerprint density at radius 1 is 1.18 bits per heavy atom. The summed E-state index contributed by atoms with van der Waals surface area (Å²) >= 11 is 1.35. The summed E-state index contributed by atoms with van der Waals surface area (Å²) < 4.78 is 0. The van der Waals surface area contributed by atoms with Gasteiger partial charge in [0.1, 0.15) is 6.33 Å². The quantitative estimate of drug-likeness (QED) is 0.643. The van der Waals surface area contributed by atoms with Crippen LogP contribution in [0.25, 0.3) is 0 Å². The van der Waals surface area contributed by atoms with Crippen molar-refractivity contribution in [3.8, 4) is 0 Å². The van der Waals surface area contributed by atoms with Crippen molar-refractivity contribution in [2.45, 2.75) is 38.1 Å². The SMILES string of the molecule is O=[N+]([O-])c1c(Nc2nccs2)ncnc1NC1CCCCC1. The van der Waals surface area contributed by atoms with Gasteiger partial charge in [-0.25, -0.2) is 15.0 Å². The zero-order valence-corrected chi connectivity index (χ0v) is 12.7. The van der Waals surface area contributed by atoms with Crippen LogP contribution in [0.1, 0.15) is 32.1 Å². The van der Waals surface area contributed by atoms with Crippen LogP contribution in [0.3, 0.4) is 0 Å². The molecule has 9 heteroatoms. The van der Waals surface area contributed by atoms with E-state index in [1.807, 2.05) is 0 Å². The molecule has 0 unspecified atom stereocenters. The van der Waals surface area contributed by atoms with E-state index in [2.05, 4.69) is 25.6 Å². The van der Waals surface area contributed by atoms with Gasteiger partial charge in [-0.3, -0.25) is 10.1 Å². The fourth-order valence-corrected chi connectivity index (χ4v) is 3.10. The van der Waals surface area contributed by atoms with Gasteiger partial charge >= 0.3 is 5.69 Å². The number of anilines is 3. The van der Waals surface area contributed by atoms with Crippen LogP contribution >= 0.6 is 11.3 Å². The van der Waals surface area contributed by atoms with Crippen molar-refractivity contribution in [1.82, 2.24) is 15.0 Å². The van der Waals surface area contributed by atoms with Crippen LogP contribution in [-0.4, -0.2) is 25.9 Å². The van der Waals surface area contributed by atoms with Crippen LogP contribution in [0.15, 0.2) is 17.9 Å². The predicted molar refractivity (Wildman–Crippen MR) is 84.6 cm³/mol. The first-order valence-corrected chi connectivity index (χ1v) is 8.04. The zero-order valence-electron chi connectivity index (χ0n) is 11.9. The normalized spacial score (nSPS) is 15.5. The van der Waals surface area contributed by atoms with Gasteiger partial charge in [-0.2, -0.15) is 0 Å². The summed E-state index contributed by atoms with van der Waals surface area (Å²) in [7, 11) is 0. The highest BCUT2D eigenvalue weighted by molar-refractivity contribution is 7.13. The fourth-order valence-electron chi connectivity index (χ4n) is 2.58. The molecule has 116 valence electrons. The Morgan fingerprint density at radius 3 is 2.64 bits per heavy atom. The number of rotatable bonds is 5. The molecule has 0 aliphatic heterocycles. The first kappa shape index (κ1) is 14.6. The number of nitrogens with zero attached hydrogens (tertiary/aromatic N) is 4. The highest BCUT2D eigenvalue weighted by atomic mass is 32.1. The summed E-state index contributed by atoms with van der Waals surface area (Å²) in [4.78, 5) is 23.1. The van der Waals surface area contributed by atoms with Crippen LogP contribution in [0.5, 0.6) is 0 Å². The summed E-state index contributed by atoms with van der Waals surface area (Å²) in [5.74, 6) is 0.430. The lowest BCUT2D eigenvalue weighted by Crippen LogP contribution is -2.23. The van der Waals surface area contributed by atoms with Gasteiger partial charge in [0, 0.05) is 17.6 Å². The molecule has 3 rings (SSSR count). The topological polar surface area (TPSA) is 106 Å². The lowest BCUT2D eigenvalue weighted by atomic mass is 9.95. The van der Waals surface area contributed by atoms with E-state index in [4.69, 9.17) is 0 Å². The average Bonchev–Trinajstić information content (AvgIpc) is 3.01. The van der Waals surface area contributed by atoms with Crippen molar-refractivity contribution in [2.24, 2.45) is 0 Å². The van der Waals surface area contributed by atoms with Crippen LogP contribution < -0.4 is 10.6 Å². The number of thiazole rings is 1. The van der Waals surface area contributed by atoms with Gasteiger partial charge in [0.05, 0.1) is 4.92 Å². The van der Waals surface area contributed by atoms with Crippen LogP contribution in [0.2, 0.25) is 0 Å². The molecule has 0 bridgehead atoms. The van der Waals surface area contributed by atoms with Crippen molar-refractivity contribution < 1.29 is 4.92 Å². The van der Waals surface area contributed by atoms with E-state index in [1.54, 1.807) is 11.6 Å². The van der Waals surface area contributed by atoms with E-state index < -0.39 is 4.92 Å². The van der Waals surface area contributed by atoms with Crippen molar-refractivity contribution in [1.29, 1.82) is 0 Å². The second-order valence-electron chi connectivity index (χ2n) is 5.12. The van der Waals surface area contributed by atoms with Gasteiger partial charge in [0.2, 0.25) is 11.6 Å². The number of hydrogen-bond acceptors (Lipinski definition) is 8. The highest BCUT2D eigenvalue weighted by Crippen LogP contribution is 2.33. The van der Waals surface area contributed by atoms with Gasteiger partial charge in [0.15, 0.2) is 5.13 Å². The molecule has 0 radical (unpaired) electrons. The molecular weight excluding hydrogens is 304 g/mol. The maximum Gasteiger partial charge on any atom is 0.353 e. The smallest absolute Gasteiger partial charge is 0.353 e. The Labute approximate surface area is 131 Å². The van der Waals surface area contributed by atoms with Crippen molar-refractivity contribution >= 4 is 33.8 Å². The standard InChI is InChI=1S/C13H16N6O2S/c20-19(21)10-11(17-9-4-2-1-3-5-9)15-8-16-12(10)18-13-14-6-7-22-13/h6-9H,1-5H2,(H2,14,15,16,17,18). The molecule has 8 nitrogen and oxygen atoms in total. The summed E-state index contributed by atoms with van der Waals surface area (Å²) in [5, 5.41) is 19.9. The van der Waals surface area contributed by atoms with Crippen molar-refractivity contribution in [2.75, 3.05) is 10.6 Å². The maximum absolute atomic E-state index is 11.4. The van der Waals surface area contributed by atoms with Crippen LogP contribution in [-0.2, 0) is 0 Å². The molecule has 1 fully saturated rings. The van der Waals surface area contributed by atoms with E-state index in [0.29, 0.717) is 5.13 Å². The third-order valence-electron chi connectivity index (χ3n) is 3.61. The molecule has 1 aliphatic carbocycles. The van der Waals surface area contributed by atoms with Gasteiger partial charge in [-0.1, -0.05) is 19.3 Å². The molecule has 1 aliphatic rings. The second-order valence-corrected chi connectivity index (χ2v) is 6.01. The first-order valence-electron chi connectivity index (χ1n) is 7.16. The Bertz CT molecular complexity index is 642. The molecule has 2 aromatic rings. The molecular formula is C13H16N6O2S. The average molecular weight is 320 g/mol. The Kier molecular flexibility index (Phi) is 4.42. The van der Waals surface area contributed by atoms with Crippen molar-refractivity contribution in [3.05, 3.63) is 28.0 Å². The van der Waals surface area contributed by atoms with Crippen LogP contribution in [0, 0.1) is 10.1 Å². The number of aromatic nitrogens is 3.